The number of hydrogen-bond donors (Lipinski definition) is 3. The van der Waals surface area contributed by atoms with Crippen molar-refractivity contribution in [3.63, 3.8) is 0 Å². The summed E-state index contributed by atoms with van der Waals surface area (Å²) >= 11 is 0. The van der Waals surface area contributed by atoms with Gasteiger partial charge in [-0.15, -0.1) is 0 Å². The van der Waals surface area contributed by atoms with Crippen LogP contribution in [-0.2, 0) is 6.54 Å². The van der Waals surface area contributed by atoms with E-state index in [-0.39, 0.29) is 23.1 Å². The fourth-order valence-electron chi connectivity index (χ4n) is 3.55. The van der Waals surface area contributed by atoms with Gasteiger partial charge in [-0.2, -0.15) is 0 Å². The van der Waals surface area contributed by atoms with Crippen LogP contribution in [0.2, 0.25) is 0 Å². The Labute approximate surface area is 155 Å². The molecule has 0 aromatic carbocycles. The molecule has 1 aliphatic rings. The van der Waals surface area contributed by atoms with Crippen LogP contribution < -0.4 is 10.9 Å². The third kappa shape index (κ3) is 3.77. The van der Waals surface area contributed by atoms with Crippen molar-refractivity contribution >= 4 is 11.6 Å². The van der Waals surface area contributed by atoms with Crippen LogP contribution in [0, 0.1) is 6.92 Å². The molecule has 3 aromatic rings. The summed E-state index contributed by atoms with van der Waals surface area (Å²) in [6.45, 7) is 4.46. The summed E-state index contributed by atoms with van der Waals surface area (Å²) in [4.78, 5) is 39.1. The summed E-state index contributed by atoms with van der Waals surface area (Å²) in [5, 5.41) is 5.92. The molecular formula is C18H23N7O2. The summed E-state index contributed by atoms with van der Waals surface area (Å²) in [5.41, 5.74) is 1.01. The van der Waals surface area contributed by atoms with Crippen molar-refractivity contribution < 1.29 is 4.79 Å². The smallest absolute Gasteiger partial charge is 0.285 e. The Hall–Kier alpha value is -2.94. The van der Waals surface area contributed by atoms with Crippen molar-refractivity contribution in [1.29, 1.82) is 0 Å². The first-order valence-corrected chi connectivity index (χ1v) is 9.19. The zero-order valence-corrected chi connectivity index (χ0v) is 15.2. The second-order valence-electron chi connectivity index (χ2n) is 7.02. The lowest BCUT2D eigenvalue weighted by atomic mass is 10.1. The lowest BCUT2D eigenvalue weighted by Crippen LogP contribution is -2.39. The summed E-state index contributed by atoms with van der Waals surface area (Å²) in [6.07, 6.45) is 7.65. The predicted octanol–water partition coefficient (Wildman–Crippen LogP) is 0.839. The Morgan fingerprint density at radius 3 is 3.04 bits per heavy atom. The van der Waals surface area contributed by atoms with Crippen LogP contribution in [-0.4, -0.2) is 54.5 Å². The first kappa shape index (κ1) is 17.5. The first-order valence-electron chi connectivity index (χ1n) is 9.19. The molecule has 4 heterocycles. The number of amides is 1. The van der Waals surface area contributed by atoms with Gasteiger partial charge >= 0.3 is 0 Å². The molecule has 1 aliphatic heterocycles. The van der Waals surface area contributed by atoms with E-state index >= 15 is 0 Å². The fraction of sp³-hybridized carbons (Fsp3) is 0.444. The maximum Gasteiger partial charge on any atom is 0.285 e. The number of aryl methyl sites for hydroxylation is 1. The minimum absolute atomic E-state index is 0.0459. The van der Waals surface area contributed by atoms with E-state index in [0.717, 1.165) is 50.4 Å². The van der Waals surface area contributed by atoms with Crippen molar-refractivity contribution in [2.45, 2.75) is 38.8 Å². The molecule has 1 fully saturated rings. The van der Waals surface area contributed by atoms with Crippen molar-refractivity contribution in [2.75, 3.05) is 13.1 Å². The number of imidazole rings is 1. The molecule has 27 heavy (non-hydrogen) atoms. The van der Waals surface area contributed by atoms with Gasteiger partial charge in [-0.25, -0.2) is 14.5 Å². The largest absolute Gasteiger partial charge is 0.349 e. The number of nitrogens with one attached hydrogen (secondary N) is 3. The number of rotatable bonds is 4. The van der Waals surface area contributed by atoms with E-state index in [0.29, 0.717) is 5.65 Å². The number of hydrogen-bond acceptors (Lipinski definition) is 5. The van der Waals surface area contributed by atoms with Crippen LogP contribution in [0.5, 0.6) is 0 Å². The maximum atomic E-state index is 12.6. The van der Waals surface area contributed by atoms with Gasteiger partial charge in [0.1, 0.15) is 11.4 Å². The third-order valence-corrected chi connectivity index (χ3v) is 4.95. The maximum absolute atomic E-state index is 12.6. The lowest BCUT2D eigenvalue weighted by molar-refractivity contribution is 0.0931. The van der Waals surface area contributed by atoms with Crippen LogP contribution in [0.1, 0.15) is 41.1 Å². The molecule has 0 aliphatic carbocycles. The van der Waals surface area contributed by atoms with Crippen LogP contribution in [0.15, 0.2) is 29.5 Å². The quantitative estimate of drug-likeness (QED) is 0.631. The molecule has 1 atom stereocenters. The van der Waals surface area contributed by atoms with Crippen molar-refractivity contribution in [3.05, 3.63) is 52.1 Å². The summed E-state index contributed by atoms with van der Waals surface area (Å²) in [7, 11) is 0. The van der Waals surface area contributed by atoms with Gasteiger partial charge in [0.2, 0.25) is 0 Å². The summed E-state index contributed by atoms with van der Waals surface area (Å²) < 4.78 is 1.31. The van der Waals surface area contributed by atoms with Crippen molar-refractivity contribution in [3.8, 4) is 0 Å². The molecule has 4 rings (SSSR count). The van der Waals surface area contributed by atoms with Gasteiger partial charge in [-0.05, 0) is 32.7 Å². The third-order valence-electron chi connectivity index (χ3n) is 4.95. The number of carbonyl (C=O) groups excluding carboxylic acids is 1. The zero-order valence-electron chi connectivity index (χ0n) is 15.2. The van der Waals surface area contributed by atoms with E-state index < -0.39 is 0 Å². The zero-order chi connectivity index (χ0) is 18.8. The standard InChI is InChI=1S/C18H23N7O2/c1-12-9-16-21-10-14(18(27)25(16)23-12)17(26)22-13-3-2-7-24(8-4-13)11-15-19-5-6-20-15/h5-6,9-10,13,23H,2-4,7-8,11H2,1H3,(H,19,20)(H,22,26)/t13-/m0/s1. The molecule has 3 N–H and O–H groups in total. The van der Waals surface area contributed by atoms with Gasteiger partial charge in [0, 0.05) is 42.9 Å². The van der Waals surface area contributed by atoms with Crippen molar-refractivity contribution in [2.24, 2.45) is 0 Å². The first-order chi connectivity index (χ1) is 13.1. The number of nitrogens with zero attached hydrogens (tertiary/aromatic N) is 4. The van der Waals surface area contributed by atoms with E-state index in [1.54, 1.807) is 12.3 Å². The molecule has 1 saturated heterocycles. The second-order valence-corrected chi connectivity index (χ2v) is 7.02. The van der Waals surface area contributed by atoms with E-state index in [2.05, 4.69) is 30.3 Å². The van der Waals surface area contributed by atoms with E-state index in [9.17, 15) is 9.59 Å². The number of carbonyl (C=O) groups is 1. The molecular weight excluding hydrogens is 346 g/mol. The van der Waals surface area contributed by atoms with Gasteiger partial charge in [-0.3, -0.25) is 19.6 Å². The molecule has 1 amide bonds. The van der Waals surface area contributed by atoms with E-state index in [1.807, 2.05) is 13.1 Å². The SMILES string of the molecule is Cc1cc2ncc(C(=O)N[C@H]3CCCN(Cc4ncc[nH]4)CC3)c(=O)n2[nH]1. The predicted molar refractivity (Wildman–Crippen MR) is 99.5 cm³/mol. The van der Waals surface area contributed by atoms with Gasteiger partial charge in [0.05, 0.1) is 6.54 Å². The lowest BCUT2D eigenvalue weighted by Gasteiger charge is -2.19. The van der Waals surface area contributed by atoms with E-state index in [1.165, 1.54) is 10.7 Å². The average molecular weight is 369 g/mol. The number of aromatic amines is 2. The van der Waals surface area contributed by atoms with Crippen LogP contribution >= 0.6 is 0 Å². The Bertz CT molecular complexity index is 989. The number of fused-ring (bicyclic) bond motifs is 1. The molecule has 0 unspecified atom stereocenters. The van der Waals surface area contributed by atoms with Crippen LogP contribution in [0.4, 0.5) is 0 Å². The molecule has 3 aromatic heterocycles. The Morgan fingerprint density at radius 2 is 2.22 bits per heavy atom. The molecule has 0 saturated carbocycles. The van der Waals surface area contributed by atoms with Crippen LogP contribution in [0.25, 0.3) is 5.65 Å². The Kier molecular flexibility index (Phi) is 4.76. The summed E-state index contributed by atoms with van der Waals surface area (Å²) in [6, 6.07) is 1.81. The molecule has 0 bridgehead atoms. The number of H-pyrrole nitrogens is 2. The van der Waals surface area contributed by atoms with Gasteiger partial charge in [0.15, 0.2) is 5.65 Å². The minimum atomic E-state index is -0.376. The number of likely N-dealkylation sites (tertiary alicyclic amines) is 1. The average Bonchev–Trinajstić information content (AvgIpc) is 3.22. The highest BCUT2D eigenvalue weighted by Gasteiger charge is 2.22. The number of aromatic nitrogens is 5. The Balaban J connectivity index is 1.41. The topological polar surface area (TPSA) is 111 Å². The fourth-order valence-corrected chi connectivity index (χ4v) is 3.55. The molecule has 0 radical (unpaired) electrons. The Morgan fingerprint density at radius 1 is 1.33 bits per heavy atom. The van der Waals surface area contributed by atoms with Crippen LogP contribution in [0.3, 0.4) is 0 Å². The molecule has 9 nitrogen and oxygen atoms in total. The molecule has 142 valence electrons. The van der Waals surface area contributed by atoms with Gasteiger partial charge < -0.3 is 10.3 Å². The highest BCUT2D eigenvalue weighted by molar-refractivity contribution is 5.93. The molecule has 0 spiro atoms. The highest BCUT2D eigenvalue weighted by Crippen LogP contribution is 2.13. The monoisotopic (exact) mass is 369 g/mol. The van der Waals surface area contributed by atoms with Crippen molar-refractivity contribution in [1.82, 2.24) is 34.8 Å². The van der Waals surface area contributed by atoms with E-state index in [4.69, 9.17) is 0 Å². The minimum Gasteiger partial charge on any atom is -0.349 e. The summed E-state index contributed by atoms with van der Waals surface area (Å²) in [5.74, 6) is 0.588. The highest BCUT2D eigenvalue weighted by atomic mass is 16.2. The molecule has 9 heteroatoms. The second kappa shape index (κ2) is 7.36. The van der Waals surface area contributed by atoms with Gasteiger partial charge in [0.25, 0.3) is 11.5 Å². The van der Waals surface area contributed by atoms with Gasteiger partial charge in [-0.1, -0.05) is 0 Å². The normalized spacial score (nSPS) is 18.5.